The van der Waals surface area contributed by atoms with Gasteiger partial charge in [-0.1, -0.05) is 13.8 Å². The molecular formula is C42H58N6. The third-order valence-corrected chi connectivity index (χ3v) is 11.9. The lowest BCUT2D eigenvalue weighted by Crippen LogP contribution is -2.21. The molecule has 0 aliphatic carbocycles. The number of aromatic amines is 4. The maximum absolute atomic E-state index is 3.96. The number of nitrogens with zero attached hydrogens (tertiary/aromatic N) is 2. The molecular weight excluding hydrogens is 589 g/mol. The van der Waals surface area contributed by atoms with E-state index in [1.807, 2.05) is 0 Å². The smallest absolute Gasteiger partial charge is 0.0441 e. The zero-order valence-corrected chi connectivity index (χ0v) is 30.5. The molecule has 3 aliphatic heterocycles. The van der Waals surface area contributed by atoms with E-state index in [0.717, 1.165) is 25.7 Å². The van der Waals surface area contributed by atoms with Crippen molar-refractivity contribution >= 4 is 24.3 Å². The van der Waals surface area contributed by atoms with Gasteiger partial charge in [-0.3, -0.25) is 0 Å². The van der Waals surface area contributed by atoms with Crippen molar-refractivity contribution in [3.05, 3.63) is 88.7 Å². The molecule has 6 heteroatoms. The molecule has 0 atom stereocenters. The van der Waals surface area contributed by atoms with Crippen LogP contribution in [-0.4, -0.2) is 69.0 Å². The summed E-state index contributed by atoms with van der Waals surface area (Å²) in [6.45, 7) is 21.2. The highest BCUT2D eigenvalue weighted by Gasteiger charge is 2.18. The van der Waals surface area contributed by atoms with Gasteiger partial charge in [0.15, 0.2) is 0 Å². The van der Waals surface area contributed by atoms with Gasteiger partial charge in [-0.05, 0) is 200 Å². The second kappa shape index (κ2) is 14.2. The van der Waals surface area contributed by atoms with Crippen molar-refractivity contribution in [3.8, 4) is 0 Å². The molecule has 0 radical (unpaired) electrons. The van der Waals surface area contributed by atoms with E-state index in [1.165, 1.54) is 166 Å². The molecule has 7 rings (SSSR count). The number of H-pyrrole nitrogens is 4. The van der Waals surface area contributed by atoms with Gasteiger partial charge in [0.2, 0.25) is 0 Å². The van der Waals surface area contributed by atoms with Crippen molar-refractivity contribution < 1.29 is 0 Å². The van der Waals surface area contributed by atoms with Crippen molar-refractivity contribution in [2.45, 2.75) is 106 Å². The standard InChI is InChI=1S/C42H58N6/c1-7-31-27(3)35-23-36-29(5)33(15-13-21-47-17-9-10-18-47)41(45-36)26-42-34(16-14-22-48-19-11-12-20-48)30(6)38(46-42)25-40-32(8-2)28(4)37(44-40)24-39(31)43-35/h23-26,43-46H,7-22H2,1-6H3. The van der Waals surface area contributed by atoms with E-state index in [0.29, 0.717) is 0 Å². The molecule has 0 unspecified atom stereocenters. The number of nitrogens with one attached hydrogen (secondary N) is 4. The van der Waals surface area contributed by atoms with E-state index in [9.17, 15) is 0 Å². The molecule has 4 N–H and O–H groups in total. The maximum Gasteiger partial charge on any atom is 0.0441 e. The van der Waals surface area contributed by atoms with Crippen LogP contribution in [0.1, 0.15) is 120 Å². The molecule has 2 fully saturated rings. The Bertz CT molecular complexity index is 2010. The van der Waals surface area contributed by atoms with Gasteiger partial charge in [-0.25, -0.2) is 0 Å². The molecule has 0 amide bonds. The molecule has 7 heterocycles. The second-order valence-corrected chi connectivity index (χ2v) is 14.8. The van der Waals surface area contributed by atoms with Crippen LogP contribution in [0.4, 0.5) is 0 Å². The van der Waals surface area contributed by atoms with Gasteiger partial charge in [-0.15, -0.1) is 0 Å². The topological polar surface area (TPSA) is 69.6 Å². The Morgan fingerprint density at radius 1 is 0.458 bits per heavy atom. The number of likely N-dealkylation sites (tertiary alicyclic amines) is 2. The van der Waals surface area contributed by atoms with E-state index in [1.54, 1.807) is 0 Å². The minimum Gasteiger partial charge on any atom is -0.355 e. The van der Waals surface area contributed by atoms with Crippen LogP contribution < -0.4 is 21.4 Å². The summed E-state index contributed by atoms with van der Waals surface area (Å²) in [4.78, 5) is 20.9. The van der Waals surface area contributed by atoms with Gasteiger partial charge in [0.25, 0.3) is 0 Å². The van der Waals surface area contributed by atoms with Crippen LogP contribution in [0.15, 0.2) is 0 Å². The lowest BCUT2D eigenvalue weighted by atomic mass is 10.0. The largest absolute Gasteiger partial charge is 0.355 e. The molecule has 0 spiro atoms. The summed E-state index contributed by atoms with van der Waals surface area (Å²) in [5, 5.41) is 4.91. The fraction of sp³-hybridized carbons (Fsp3) is 0.524. The molecule has 256 valence electrons. The average Bonchev–Trinajstić information content (AvgIpc) is 3.93. The molecule has 3 aliphatic rings. The van der Waals surface area contributed by atoms with Gasteiger partial charge in [-0.2, -0.15) is 0 Å². The maximum atomic E-state index is 3.96. The Morgan fingerprint density at radius 3 is 1.44 bits per heavy atom. The summed E-state index contributed by atoms with van der Waals surface area (Å²) in [7, 11) is 0. The zero-order chi connectivity index (χ0) is 33.4. The van der Waals surface area contributed by atoms with Crippen molar-refractivity contribution in [1.82, 2.24) is 29.7 Å². The molecule has 8 bridgehead atoms. The monoisotopic (exact) mass is 646 g/mol. The number of aromatic nitrogens is 4. The van der Waals surface area contributed by atoms with E-state index < -0.39 is 0 Å². The summed E-state index contributed by atoms with van der Waals surface area (Å²) in [6.07, 6.45) is 21.5. The van der Waals surface area contributed by atoms with Crippen molar-refractivity contribution in [1.29, 1.82) is 0 Å². The van der Waals surface area contributed by atoms with Crippen LogP contribution in [0.5, 0.6) is 0 Å². The first-order valence-corrected chi connectivity index (χ1v) is 19.0. The SMILES string of the molecule is CCc1c2[nH]c(c1C)C=c1[nH]c(c(CCCN3CCCC3)c1C)=Cc1[nH]c(c(C)c1CCCN1CCCC1)C=c1[nH]c(c(C)c1CC)=C2. The van der Waals surface area contributed by atoms with E-state index in [2.05, 4.69) is 95.6 Å². The molecule has 0 aromatic carbocycles. The number of hydrogen-bond acceptors (Lipinski definition) is 2. The number of hydrogen-bond donors (Lipinski definition) is 4. The Balaban J connectivity index is 1.41. The molecule has 4 aromatic rings. The predicted octanol–water partition coefficient (Wildman–Crippen LogP) is 5.04. The van der Waals surface area contributed by atoms with Crippen LogP contribution >= 0.6 is 0 Å². The summed E-state index contributed by atoms with van der Waals surface area (Å²) >= 11 is 0. The van der Waals surface area contributed by atoms with Crippen LogP contribution in [0.2, 0.25) is 0 Å². The molecule has 48 heavy (non-hydrogen) atoms. The lowest BCUT2D eigenvalue weighted by molar-refractivity contribution is 0.334. The normalized spacial score (nSPS) is 16.6. The number of rotatable bonds is 10. The van der Waals surface area contributed by atoms with Crippen molar-refractivity contribution in [3.63, 3.8) is 0 Å². The number of fused-ring (bicyclic) bond motifs is 8. The van der Waals surface area contributed by atoms with Crippen LogP contribution in [-0.2, 0) is 25.7 Å². The summed E-state index contributed by atoms with van der Waals surface area (Å²) in [6, 6.07) is 0. The van der Waals surface area contributed by atoms with Gasteiger partial charge in [0.1, 0.15) is 0 Å². The molecule has 4 aromatic heterocycles. The van der Waals surface area contributed by atoms with E-state index in [-0.39, 0.29) is 0 Å². The van der Waals surface area contributed by atoms with Crippen LogP contribution in [0.3, 0.4) is 0 Å². The first-order valence-electron chi connectivity index (χ1n) is 19.0. The molecule has 6 nitrogen and oxygen atoms in total. The summed E-state index contributed by atoms with van der Waals surface area (Å²) in [5.74, 6) is 0. The quantitative estimate of drug-likeness (QED) is 0.172. The fourth-order valence-electron chi connectivity index (χ4n) is 8.89. The third-order valence-electron chi connectivity index (χ3n) is 11.9. The second-order valence-electron chi connectivity index (χ2n) is 14.8. The Labute approximate surface area is 287 Å². The van der Waals surface area contributed by atoms with Crippen LogP contribution in [0.25, 0.3) is 24.3 Å². The highest BCUT2D eigenvalue weighted by molar-refractivity contribution is 5.65. The zero-order valence-electron chi connectivity index (χ0n) is 30.5. The Hall–Kier alpha value is -3.48. The van der Waals surface area contributed by atoms with Crippen molar-refractivity contribution in [2.75, 3.05) is 39.3 Å². The first-order chi connectivity index (χ1) is 23.3. The van der Waals surface area contributed by atoms with Gasteiger partial charge in [0, 0.05) is 44.2 Å². The Morgan fingerprint density at radius 2 is 0.875 bits per heavy atom. The fourth-order valence-corrected chi connectivity index (χ4v) is 8.89. The minimum atomic E-state index is 0.997. The van der Waals surface area contributed by atoms with Gasteiger partial charge >= 0.3 is 0 Å². The summed E-state index contributed by atoms with van der Waals surface area (Å²) in [5.41, 5.74) is 16.1. The van der Waals surface area contributed by atoms with Gasteiger partial charge in [0.05, 0.1) is 0 Å². The average molecular weight is 647 g/mol. The molecule has 0 saturated carbocycles. The highest BCUT2D eigenvalue weighted by Crippen LogP contribution is 2.24. The van der Waals surface area contributed by atoms with E-state index in [4.69, 9.17) is 0 Å². The van der Waals surface area contributed by atoms with Crippen LogP contribution in [0, 0.1) is 27.7 Å². The van der Waals surface area contributed by atoms with Crippen molar-refractivity contribution in [2.24, 2.45) is 0 Å². The summed E-state index contributed by atoms with van der Waals surface area (Å²) < 4.78 is 0. The lowest BCUT2D eigenvalue weighted by Gasteiger charge is -2.14. The Kier molecular flexibility index (Phi) is 9.75. The first kappa shape index (κ1) is 33.0. The molecule has 2 saturated heterocycles. The van der Waals surface area contributed by atoms with E-state index >= 15 is 0 Å². The predicted molar refractivity (Wildman–Crippen MR) is 202 cm³/mol. The third kappa shape index (κ3) is 6.46. The minimum absolute atomic E-state index is 0.997. The highest BCUT2D eigenvalue weighted by atomic mass is 15.1. The van der Waals surface area contributed by atoms with Gasteiger partial charge < -0.3 is 29.7 Å².